The molecule has 0 aliphatic heterocycles. The third-order valence-corrected chi connectivity index (χ3v) is 3.27. The van der Waals surface area contributed by atoms with Gasteiger partial charge in [0.1, 0.15) is 5.75 Å². The first kappa shape index (κ1) is 15.2. The van der Waals surface area contributed by atoms with Gasteiger partial charge in [-0.05, 0) is 13.0 Å². The molecule has 1 atom stereocenters. The van der Waals surface area contributed by atoms with E-state index in [4.69, 9.17) is 4.74 Å². The molecule has 0 aliphatic rings. The summed E-state index contributed by atoms with van der Waals surface area (Å²) < 4.78 is 6.04. The van der Waals surface area contributed by atoms with Crippen molar-refractivity contribution in [2.45, 2.75) is 13.0 Å². The number of benzene rings is 2. The lowest BCUT2D eigenvalue weighted by Crippen LogP contribution is -2.23. The maximum atomic E-state index is 12.2. The monoisotopic (exact) mass is 349 g/mol. The standard InChI is InChI=1S/C15H12BrNO4/c1-10(15(18)11-5-3-2-4-6-11)21-14-8-12(16)7-13(9-14)17(19)20/h2-10H,1H3. The molecule has 0 aromatic heterocycles. The van der Waals surface area contributed by atoms with Crippen molar-refractivity contribution in [3.8, 4) is 5.75 Å². The van der Waals surface area contributed by atoms with Crippen molar-refractivity contribution in [3.63, 3.8) is 0 Å². The van der Waals surface area contributed by atoms with Crippen LogP contribution >= 0.6 is 15.9 Å². The lowest BCUT2D eigenvalue weighted by atomic mass is 10.1. The van der Waals surface area contributed by atoms with Crippen molar-refractivity contribution in [2.24, 2.45) is 0 Å². The molecule has 6 heteroatoms. The number of hydrogen-bond donors (Lipinski definition) is 0. The van der Waals surface area contributed by atoms with Gasteiger partial charge in [-0.2, -0.15) is 0 Å². The van der Waals surface area contributed by atoms with E-state index in [1.54, 1.807) is 37.3 Å². The van der Waals surface area contributed by atoms with Crippen LogP contribution < -0.4 is 4.74 Å². The van der Waals surface area contributed by atoms with Crippen LogP contribution in [0.3, 0.4) is 0 Å². The summed E-state index contributed by atoms with van der Waals surface area (Å²) in [7, 11) is 0. The summed E-state index contributed by atoms with van der Waals surface area (Å²) in [6.07, 6.45) is -0.735. The predicted molar refractivity (Wildman–Crippen MR) is 81.7 cm³/mol. The lowest BCUT2D eigenvalue weighted by molar-refractivity contribution is -0.385. The third-order valence-electron chi connectivity index (χ3n) is 2.81. The molecule has 0 spiro atoms. The number of carbonyl (C=O) groups is 1. The van der Waals surface area contributed by atoms with Gasteiger partial charge in [-0.3, -0.25) is 14.9 Å². The smallest absolute Gasteiger partial charge is 0.274 e. The Labute approximate surface area is 129 Å². The molecule has 0 fully saturated rings. The van der Waals surface area contributed by atoms with Crippen LogP contribution in [0.1, 0.15) is 17.3 Å². The molecule has 0 aliphatic carbocycles. The van der Waals surface area contributed by atoms with Crippen LogP contribution in [0.25, 0.3) is 0 Å². The second kappa shape index (κ2) is 6.49. The van der Waals surface area contributed by atoms with E-state index in [1.807, 2.05) is 6.07 Å². The number of nitro groups is 1. The van der Waals surface area contributed by atoms with Crippen LogP contribution in [0, 0.1) is 10.1 Å². The maximum absolute atomic E-state index is 12.2. The molecule has 0 heterocycles. The average Bonchev–Trinajstić information content (AvgIpc) is 2.46. The zero-order valence-corrected chi connectivity index (χ0v) is 12.7. The van der Waals surface area contributed by atoms with E-state index in [-0.39, 0.29) is 17.2 Å². The number of rotatable bonds is 5. The van der Waals surface area contributed by atoms with E-state index in [2.05, 4.69) is 15.9 Å². The number of nitrogens with zero attached hydrogens (tertiary/aromatic N) is 1. The molecule has 108 valence electrons. The minimum atomic E-state index is -0.735. The summed E-state index contributed by atoms with van der Waals surface area (Å²) in [5, 5.41) is 10.8. The van der Waals surface area contributed by atoms with E-state index in [1.165, 1.54) is 12.1 Å². The van der Waals surface area contributed by atoms with Crippen molar-refractivity contribution in [2.75, 3.05) is 0 Å². The Morgan fingerprint density at radius 1 is 1.24 bits per heavy atom. The minimum Gasteiger partial charge on any atom is -0.482 e. The number of hydrogen-bond acceptors (Lipinski definition) is 4. The molecule has 2 rings (SSSR count). The number of Topliss-reactive ketones (excluding diaryl/α,β-unsaturated/α-hetero) is 1. The van der Waals surface area contributed by atoms with Crippen LogP contribution in [0.2, 0.25) is 0 Å². The molecular formula is C15H12BrNO4. The van der Waals surface area contributed by atoms with E-state index >= 15 is 0 Å². The minimum absolute atomic E-state index is 0.0984. The molecule has 1 unspecified atom stereocenters. The Morgan fingerprint density at radius 2 is 1.90 bits per heavy atom. The number of halogens is 1. The number of nitro benzene ring substituents is 1. The summed E-state index contributed by atoms with van der Waals surface area (Å²) in [6.45, 7) is 1.61. The van der Waals surface area contributed by atoms with Gasteiger partial charge in [-0.1, -0.05) is 46.3 Å². The van der Waals surface area contributed by atoms with Crippen molar-refractivity contribution in [1.29, 1.82) is 0 Å². The first-order chi connectivity index (χ1) is 9.97. The van der Waals surface area contributed by atoms with E-state index < -0.39 is 11.0 Å². The first-order valence-corrected chi connectivity index (χ1v) is 6.97. The third kappa shape index (κ3) is 3.88. The molecule has 2 aromatic carbocycles. The normalized spacial score (nSPS) is 11.7. The van der Waals surface area contributed by atoms with Gasteiger partial charge in [-0.15, -0.1) is 0 Å². The zero-order valence-electron chi connectivity index (χ0n) is 11.2. The highest BCUT2D eigenvalue weighted by Gasteiger charge is 2.18. The summed E-state index contributed by atoms with van der Waals surface area (Å²) in [4.78, 5) is 22.5. The number of ketones is 1. The number of carbonyl (C=O) groups excluding carboxylic acids is 1. The molecule has 0 saturated carbocycles. The highest BCUT2D eigenvalue weighted by molar-refractivity contribution is 9.10. The molecule has 0 saturated heterocycles. The SMILES string of the molecule is CC(Oc1cc(Br)cc([N+](=O)[O-])c1)C(=O)c1ccccc1. The van der Waals surface area contributed by atoms with Crippen molar-refractivity contribution in [1.82, 2.24) is 0 Å². The lowest BCUT2D eigenvalue weighted by Gasteiger charge is -2.14. The average molecular weight is 350 g/mol. The van der Waals surface area contributed by atoms with Gasteiger partial charge in [0, 0.05) is 16.1 Å². The van der Waals surface area contributed by atoms with Gasteiger partial charge in [0.25, 0.3) is 5.69 Å². The molecule has 0 amide bonds. The van der Waals surface area contributed by atoms with Gasteiger partial charge in [-0.25, -0.2) is 0 Å². The summed E-state index contributed by atoms with van der Waals surface area (Å²) in [5.41, 5.74) is 0.438. The van der Waals surface area contributed by atoms with Gasteiger partial charge < -0.3 is 4.74 Å². The molecule has 5 nitrogen and oxygen atoms in total. The predicted octanol–water partition coefficient (Wildman–Crippen LogP) is 4.01. The summed E-state index contributed by atoms with van der Waals surface area (Å²) in [5.74, 6) is 0.0890. The fourth-order valence-corrected chi connectivity index (χ4v) is 2.28. The fraction of sp³-hybridized carbons (Fsp3) is 0.133. The van der Waals surface area contributed by atoms with Crippen LogP contribution in [0.5, 0.6) is 5.75 Å². The second-order valence-corrected chi connectivity index (χ2v) is 5.31. The molecule has 2 aromatic rings. The molecule has 0 N–H and O–H groups in total. The Bertz CT molecular complexity index is 673. The van der Waals surface area contributed by atoms with Crippen LogP contribution in [-0.4, -0.2) is 16.8 Å². The maximum Gasteiger partial charge on any atom is 0.274 e. The van der Waals surface area contributed by atoms with Crippen LogP contribution in [-0.2, 0) is 0 Å². The number of non-ortho nitro benzene ring substituents is 1. The van der Waals surface area contributed by atoms with Crippen LogP contribution in [0.4, 0.5) is 5.69 Å². The molecular weight excluding hydrogens is 338 g/mol. The van der Waals surface area contributed by atoms with Gasteiger partial charge in [0.2, 0.25) is 5.78 Å². The van der Waals surface area contributed by atoms with Gasteiger partial charge in [0.15, 0.2) is 6.10 Å². The highest BCUT2D eigenvalue weighted by atomic mass is 79.9. The van der Waals surface area contributed by atoms with Gasteiger partial charge in [0.05, 0.1) is 11.0 Å². The van der Waals surface area contributed by atoms with Crippen molar-refractivity contribution >= 4 is 27.4 Å². The summed E-state index contributed by atoms with van der Waals surface area (Å²) >= 11 is 3.18. The first-order valence-electron chi connectivity index (χ1n) is 6.18. The Balaban J connectivity index is 2.18. The van der Waals surface area contributed by atoms with Crippen molar-refractivity contribution in [3.05, 3.63) is 68.7 Å². The van der Waals surface area contributed by atoms with E-state index in [0.717, 1.165) is 0 Å². The topological polar surface area (TPSA) is 69.4 Å². The Hall–Kier alpha value is -2.21. The Kier molecular flexibility index (Phi) is 4.70. The van der Waals surface area contributed by atoms with Crippen molar-refractivity contribution < 1.29 is 14.5 Å². The molecule has 21 heavy (non-hydrogen) atoms. The van der Waals surface area contributed by atoms with E-state index in [0.29, 0.717) is 10.0 Å². The quantitative estimate of drug-likeness (QED) is 0.464. The summed E-state index contributed by atoms with van der Waals surface area (Å²) in [6, 6.07) is 13.0. The second-order valence-electron chi connectivity index (χ2n) is 4.39. The van der Waals surface area contributed by atoms with E-state index in [9.17, 15) is 14.9 Å². The molecule has 0 radical (unpaired) electrons. The fourth-order valence-electron chi connectivity index (χ4n) is 1.82. The highest BCUT2D eigenvalue weighted by Crippen LogP contribution is 2.27. The number of ether oxygens (including phenoxy) is 1. The molecule has 0 bridgehead atoms. The zero-order chi connectivity index (χ0) is 15.4. The Morgan fingerprint density at radius 3 is 2.52 bits per heavy atom. The largest absolute Gasteiger partial charge is 0.482 e. The van der Waals surface area contributed by atoms with Crippen LogP contribution in [0.15, 0.2) is 53.0 Å². The van der Waals surface area contributed by atoms with Gasteiger partial charge >= 0.3 is 0 Å².